The number of nitrogens with zero attached hydrogens (tertiary/aromatic N) is 1. The fourth-order valence-electron chi connectivity index (χ4n) is 3.93. The maximum atomic E-state index is 6.16. The maximum Gasteiger partial charge on any atom is 0.161 e. The predicted octanol–water partition coefficient (Wildman–Crippen LogP) is 4.44. The number of benzene rings is 2. The number of hydrogen-bond donors (Lipinski definition) is 1. The molecule has 5 heteroatoms. The van der Waals surface area contributed by atoms with Crippen LogP contribution in [0, 0.1) is 0 Å². The van der Waals surface area contributed by atoms with Crippen molar-refractivity contribution in [3.63, 3.8) is 0 Å². The van der Waals surface area contributed by atoms with E-state index in [0.717, 1.165) is 62.9 Å². The summed E-state index contributed by atoms with van der Waals surface area (Å²) in [6.45, 7) is 11.8. The van der Waals surface area contributed by atoms with Gasteiger partial charge in [0.1, 0.15) is 12.4 Å². The van der Waals surface area contributed by atoms with Gasteiger partial charge in [0.05, 0.1) is 19.8 Å². The van der Waals surface area contributed by atoms with Crippen LogP contribution in [-0.4, -0.2) is 51.4 Å². The van der Waals surface area contributed by atoms with Crippen LogP contribution < -0.4 is 19.5 Å². The molecule has 5 nitrogen and oxygen atoms in total. The molecular formula is C25H36N2O3. The number of rotatable bonds is 11. The second-order valence-electron chi connectivity index (χ2n) is 7.63. The Balaban J connectivity index is 1.80. The van der Waals surface area contributed by atoms with E-state index in [1.54, 1.807) is 7.11 Å². The summed E-state index contributed by atoms with van der Waals surface area (Å²) in [7, 11) is 1.71. The van der Waals surface area contributed by atoms with Crippen LogP contribution in [0.2, 0.25) is 0 Å². The molecule has 0 radical (unpaired) electrons. The van der Waals surface area contributed by atoms with Crippen LogP contribution in [0.3, 0.4) is 0 Å². The molecule has 1 atom stereocenters. The van der Waals surface area contributed by atoms with Crippen molar-refractivity contribution in [3.8, 4) is 17.2 Å². The Kier molecular flexibility index (Phi) is 8.40. The van der Waals surface area contributed by atoms with Gasteiger partial charge in [-0.3, -0.25) is 0 Å². The fraction of sp³-hybridized carbons (Fsp3) is 0.520. The Bertz CT molecular complexity index is 788. The van der Waals surface area contributed by atoms with Gasteiger partial charge in [0.15, 0.2) is 11.5 Å². The highest BCUT2D eigenvalue weighted by molar-refractivity contribution is 5.52. The molecule has 164 valence electrons. The molecule has 0 amide bonds. The summed E-state index contributed by atoms with van der Waals surface area (Å²) >= 11 is 0. The van der Waals surface area contributed by atoms with Crippen molar-refractivity contribution in [1.29, 1.82) is 0 Å². The van der Waals surface area contributed by atoms with Crippen molar-refractivity contribution < 1.29 is 14.2 Å². The van der Waals surface area contributed by atoms with Gasteiger partial charge in [-0.25, -0.2) is 0 Å². The summed E-state index contributed by atoms with van der Waals surface area (Å²) in [6.07, 6.45) is 2.00. The van der Waals surface area contributed by atoms with Gasteiger partial charge in [-0.1, -0.05) is 32.9 Å². The molecule has 1 heterocycles. The first kappa shape index (κ1) is 22.4. The number of ether oxygens (including phenoxy) is 3. The van der Waals surface area contributed by atoms with Crippen molar-refractivity contribution >= 4 is 0 Å². The first-order valence-electron chi connectivity index (χ1n) is 11.2. The zero-order chi connectivity index (χ0) is 21.3. The highest BCUT2D eigenvalue weighted by atomic mass is 16.5. The second-order valence-corrected chi connectivity index (χ2v) is 7.63. The second kappa shape index (κ2) is 11.2. The van der Waals surface area contributed by atoms with Crippen molar-refractivity contribution in [2.75, 3.05) is 46.5 Å². The first-order valence-corrected chi connectivity index (χ1v) is 11.2. The molecular weight excluding hydrogens is 376 g/mol. The molecule has 0 fully saturated rings. The van der Waals surface area contributed by atoms with Gasteiger partial charge in [0.25, 0.3) is 0 Å². The number of fused-ring (bicyclic) bond motifs is 1. The molecule has 3 rings (SSSR count). The number of nitrogens with one attached hydrogen (secondary N) is 1. The molecule has 1 aliphatic rings. The molecule has 1 N–H and O–H groups in total. The topological polar surface area (TPSA) is 43.0 Å². The molecule has 0 saturated carbocycles. The summed E-state index contributed by atoms with van der Waals surface area (Å²) in [6, 6.07) is 12.9. The highest BCUT2D eigenvalue weighted by Crippen LogP contribution is 2.37. The lowest BCUT2D eigenvalue weighted by Crippen LogP contribution is -2.31. The van der Waals surface area contributed by atoms with Crippen LogP contribution in [-0.2, 0) is 6.42 Å². The lowest BCUT2D eigenvalue weighted by atomic mass is 9.89. The van der Waals surface area contributed by atoms with Crippen LogP contribution in [0.25, 0.3) is 0 Å². The molecule has 1 unspecified atom stereocenters. The Hall–Kier alpha value is -2.24. The van der Waals surface area contributed by atoms with Gasteiger partial charge >= 0.3 is 0 Å². The van der Waals surface area contributed by atoms with Crippen LogP contribution in [0.4, 0.5) is 0 Å². The summed E-state index contributed by atoms with van der Waals surface area (Å²) in [5, 5.41) is 3.67. The van der Waals surface area contributed by atoms with Gasteiger partial charge < -0.3 is 24.4 Å². The quantitative estimate of drug-likeness (QED) is 0.591. The average Bonchev–Trinajstić information content (AvgIpc) is 2.80. The third-order valence-electron chi connectivity index (χ3n) is 5.73. The van der Waals surface area contributed by atoms with Crippen molar-refractivity contribution in [3.05, 3.63) is 53.1 Å². The van der Waals surface area contributed by atoms with Gasteiger partial charge in [-0.05, 0) is 66.9 Å². The molecule has 2 aromatic carbocycles. The normalized spacial score (nSPS) is 15.7. The Morgan fingerprint density at radius 2 is 1.73 bits per heavy atom. The van der Waals surface area contributed by atoms with Gasteiger partial charge in [0, 0.05) is 13.1 Å². The van der Waals surface area contributed by atoms with E-state index in [0.29, 0.717) is 6.61 Å². The number of likely N-dealkylation sites (N-methyl/N-ethyl adjacent to an activating group) is 1. The molecule has 0 aromatic heterocycles. The van der Waals surface area contributed by atoms with Gasteiger partial charge in [-0.2, -0.15) is 0 Å². The minimum absolute atomic E-state index is 0.144. The standard InChI is InChI=1S/C25H36N2O3/c1-5-15-29-21-10-8-19(9-11-21)25-22-18-24(30-16-14-27(6-2)7-3)23(28-4)17-20(22)12-13-26-25/h8-11,17-18,25-26H,5-7,12-16H2,1-4H3. The van der Waals surface area contributed by atoms with E-state index in [4.69, 9.17) is 14.2 Å². The van der Waals surface area contributed by atoms with Crippen LogP contribution in [0.1, 0.15) is 49.9 Å². The van der Waals surface area contributed by atoms with Crippen LogP contribution >= 0.6 is 0 Å². The minimum Gasteiger partial charge on any atom is -0.494 e. The molecule has 30 heavy (non-hydrogen) atoms. The molecule has 1 aliphatic heterocycles. The van der Waals surface area contributed by atoms with Crippen molar-refractivity contribution in [1.82, 2.24) is 10.2 Å². The van der Waals surface area contributed by atoms with Gasteiger partial charge in [0.2, 0.25) is 0 Å². The van der Waals surface area contributed by atoms with Gasteiger partial charge in [-0.15, -0.1) is 0 Å². The SMILES string of the molecule is CCCOc1ccc(C2NCCc3cc(OC)c(OCCN(CC)CC)cc32)cc1. The molecule has 0 aliphatic carbocycles. The summed E-state index contributed by atoms with van der Waals surface area (Å²) < 4.78 is 17.5. The van der Waals surface area contributed by atoms with E-state index in [2.05, 4.69) is 67.4 Å². The van der Waals surface area contributed by atoms with Crippen LogP contribution in [0.5, 0.6) is 17.2 Å². The number of methoxy groups -OCH3 is 1. The fourth-order valence-corrected chi connectivity index (χ4v) is 3.93. The average molecular weight is 413 g/mol. The molecule has 0 spiro atoms. The number of hydrogen-bond acceptors (Lipinski definition) is 5. The van der Waals surface area contributed by atoms with Crippen LogP contribution in [0.15, 0.2) is 36.4 Å². The summed E-state index contributed by atoms with van der Waals surface area (Å²) in [5.41, 5.74) is 3.82. The lowest BCUT2D eigenvalue weighted by molar-refractivity contribution is 0.217. The third kappa shape index (κ3) is 5.46. The first-order chi connectivity index (χ1) is 14.7. The maximum absolute atomic E-state index is 6.16. The van der Waals surface area contributed by atoms with E-state index in [-0.39, 0.29) is 6.04 Å². The van der Waals surface area contributed by atoms with E-state index in [1.807, 2.05) is 0 Å². The zero-order valence-electron chi connectivity index (χ0n) is 18.9. The zero-order valence-corrected chi connectivity index (χ0v) is 18.9. The Labute approximate surface area is 181 Å². The Morgan fingerprint density at radius 1 is 0.967 bits per heavy atom. The third-order valence-corrected chi connectivity index (χ3v) is 5.73. The lowest BCUT2D eigenvalue weighted by Gasteiger charge is -2.29. The predicted molar refractivity (Wildman–Crippen MR) is 122 cm³/mol. The van der Waals surface area contributed by atoms with E-state index in [1.165, 1.54) is 16.7 Å². The van der Waals surface area contributed by atoms with Crippen molar-refractivity contribution in [2.24, 2.45) is 0 Å². The smallest absolute Gasteiger partial charge is 0.161 e. The van der Waals surface area contributed by atoms with E-state index in [9.17, 15) is 0 Å². The monoisotopic (exact) mass is 412 g/mol. The van der Waals surface area contributed by atoms with Crippen molar-refractivity contribution in [2.45, 2.75) is 39.7 Å². The molecule has 2 aromatic rings. The highest BCUT2D eigenvalue weighted by Gasteiger charge is 2.24. The molecule has 0 bridgehead atoms. The van der Waals surface area contributed by atoms with E-state index >= 15 is 0 Å². The largest absolute Gasteiger partial charge is 0.494 e. The summed E-state index contributed by atoms with van der Waals surface area (Å²) in [5.74, 6) is 2.56. The van der Waals surface area contributed by atoms with E-state index < -0.39 is 0 Å². The Morgan fingerprint density at radius 3 is 2.40 bits per heavy atom. The summed E-state index contributed by atoms with van der Waals surface area (Å²) in [4.78, 5) is 2.36. The minimum atomic E-state index is 0.144. The molecule has 0 saturated heterocycles.